The van der Waals surface area contributed by atoms with Crippen LogP contribution in [0.25, 0.3) is 0 Å². The standard InChI is InChI=1S/C10H17NO.C2H6/c1-9(2)6-10(3)5-7(9)4-8(12)11-10;1-2/h7H,4-6H2,1-3H3,(H,11,12);1-2H3. The number of fused-ring (bicyclic) bond motifs is 2. The van der Waals surface area contributed by atoms with Crippen LogP contribution in [0.15, 0.2) is 0 Å². The van der Waals surface area contributed by atoms with E-state index in [1.165, 1.54) is 6.42 Å². The zero-order chi connectivity index (χ0) is 11.0. The van der Waals surface area contributed by atoms with Gasteiger partial charge >= 0.3 is 0 Å². The first-order chi connectivity index (χ1) is 6.41. The van der Waals surface area contributed by atoms with Crippen molar-refractivity contribution in [2.75, 3.05) is 0 Å². The minimum Gasteiger partial charge on any atom is -0.351 e. The highest BCUT2D eigenvalue weighted by Gasteiger charge is 2.51. The second kappa shape index (κ2) is 3.56. The highest BCUT2D eigenvalue weighted by Crippen LogP contribution is 2.51. The molecule has 1 saturated carbocycles. The molecule has 0 radical (unpaired) electrons. The lowest BCUT2D eigenvalue weighted by atomic mass is 9.80. The molecule has 2 fully saturated rings. The van der Waals surface area contributed by atoms with E-state index in [2.05, 4.69) is 26.1 Å². The molecular formula is C12H23NO. The second-order valence-corrected chi connectivity index (χ2v) is 5.38. The van der Waals surface area contributed by atoms with Gasteiger partial charge in [-0.05, 0) is 31.1 Å². The molecule has 2 rings (SSSR count). The number of nitrogens with one attached hydrogen (secondary N) is 1. The first-order valence-electron chi connectivity index (χ1n) is 5.72. The normalized spacial score (nSPS) is 38.4. The maximum Gasteiger partial charge on any atom is 0.220 e. The van der Waals surface area contributed by atoms with E-state index in [9.17, 15) is 4.79 Å². The average Bonchev–Trinajstić information content (AvgIpc) is 2.19. The van der Waals surface area contributed by atoms with Gasteiger partial charge in [0.05, 0.1) is 0 Å². The van der Waals surface area contributed by atoms with Crippen molar-refractivity contribution in [1.29, 1.82) is 0 Å². The third kappa shape index (κ3) is 1.94. The van der Waals surface area contributed by atoms with Crippen molar-refractivity contribution < 1.29 is 4.79 Å². The van der Waals surface area contributed by atoms with Crippen molar-refractivity contribution in [3.8, 4) is 0 Å². The summed E-state index contributed by atoms with van der Waals surface area (Å²) >= 11 is 0. The Kier molecular flexibility index (Phi) is 2.93. The predicted molar refractivity (Wildman–Crippen MR) is 59.0 cm³/mol. The predicted octanol–water partition coefficient (Wildman–Crippen LogP) is 2.73. The maximum atomic E-state index is 11.3. The summed E-state index contributed by atoms with van der Waals surface area (Å²) in [5, 5.41) is 3.10. The molecule has 2 heteroatoms. The fraction of sp³-hybridized carbons (Fsp3) is 0.917. The number of carbonyl (C=O) groups is 1. The molecule has 2 nitrogen and oxygen atoms in total. The minimum absolute atomic E-state index is 0.101. The molecule has 14 heavy (non-hydrogen) atoms. The van der Waals surface area contributed by atoms with E-state index in [-0.39, 0.29) is 11.4 Å². The van der Waals surface area contributed by atoms with E-state index in [0.717, 1.165) is 12.8 Å². The number of hydrogen-bond acceptors (Lipinski definition) is 1. The molecule has 0 aromatic carbocycles. The molecule has 1 saturated heterocycles. The SMILES string of the molecule is CC.CC12CC(CC(=O)N1)C(C)(C)C2. The Bertz CT molecular complexity index is 234. The van der Waals surface area contributed by atoms with Crippen LogP contribution < -0.4 is 5.32 Å². The molecule has 1 amide bonds. The Morgan fingerprint density at radius 2 is 1.86 bits per heavy atom. The average molecular weight is 197 g/mol. The quantitative estimate of drug-likeness (QED) is 0.635. The molecule has 2 bridgehead atoms. The molecule has 2 atom stereocenters. The van der Waals surface area contributed by atoms with Gasteiger partial charge in [-0.15, -0.1) is 0 Å². The first kappa shape index (κ1) is 11.5. The smallest absolute Gasteiger partial charge is 0.220 e. The monoisotopic (exact) mass is 197 g/mol. The third-order valence-electron chi connectivity index (χ3n) is 3.52. The highest BCUT2D eigenvalue weighted by molar-refractivity contribution is 5.78. The third-order valence-corrected chi connectivity index (χ3v) is 3.52. The van der Waals surface area contributed by atoms with Crippen molar-refractivity contribution in [2.24, 2.45) is 11.3 Å². The number of piperidine rings is 1. The fourth-order valence-corrected chi connectivity index (χ4v) is 3.10. The van der Waals surface area contributed by atoms with Gasteiger partial charge in [0.2, 0.25) is 5.91 Å². The van der Waals surface area contributed by atoms with E-state index < -0.39 is 0 Å². The van der Waals surface area contributed by atoms with Crippen LogP contribution in [-0.4, -0.2) is 11.4 Å². The van der Waals surface area contributed by atoms with E-state index in [4.69, 9.17) is 0 Å². The van der Waals surface area contributed by atoms with Crippen LogP contribution in [0, 0.1) is 11.3 Å². The van der Waals surface area contributed by atoms with Crippen molar-refractivity contribution in [3.63, 3.8) is 0 Å². The van der Waals surface area contributed by atoms with Gasteiger partial charge in [0.1, 0.15) is 0 Å². The molecular weight excluding hydrogens is 174 g/mol. The van der Waals surface area contributed by atoms with Gasteiger partial charge in [-0.3, -0.25) is 4.79 Å². The molecule has 2 unspecified atom stereocenters. The lowest BCUT2D eigenvalue weighted by molar-refractivity contribution is -0.125. The Morgan fingerprint density at radius 1 is 1.29 bits per heavy atom. The fourth-order valence-electron chi connectivity index (χ4n) is 3.10. The zero-order valence-corrected chi connectivity index (χ0v) is 10.1. The maximum absolute atomic E-state index is 11.3. The van der Waals surface area contributed by atoms with E-state index >= 15 is 0 Å². The summed E-state index contributed by atoms with van der Waals surface area (Å²) in [6, 6.07) is 0. The molecule has 1 aliphatic heterocycles. The summed E-state index contributed by atoms with van der Waals surface area (Å²) in [5.41, 5.74) is 0.456. The largest absolute Gasteiger partial charge is 0.351 e. The molecule has 82 valence electrons. The van der Waals surface area contributed by atoms with Gasteiger partial charge in [-0.25, -0.2) is 0 Å². The molecule has 1 N–H and O–H groups in total. The number of amides is 1. The van der Waals surface area contributed by atoms with Gasteiger partial charge in [0.25, 0.3) is 0 Å². The molecule has 1 heterocycles. The van der Waals surface area contributed by atoms with E-state index in [1.807, 2.05) is 13.8 Å². The molecule has 0 spiro atoms. The zero-order valence-electron chi connectivity index (χ0n) is 10.1. The van der Waals surface area contributed by atoms with Gasteiger partial charge < -0.3 is 5.32 Å². The highest BCUT2D eigenvalue weighted by atomic mass is 16.1. The Balaban J connectivity index is 0.000000461. The van der Waals surface area contributed by atoms with E-state index in [1.54, 1.807) is 0 Å². The summed E-state index contributed by atoms with van der Waals surface area (Å²) < 4.78 is 0. The first-order valence-corrected chi connectivity index (χ1v) is 5.72. The molecule has 0 aromatic rings. The molecule has 0 aromatic heterocycles. The number of rotatable bonds is 0. The Labute approximate surface area is 87.5 Å². The van der Waals surface area contributed by atoms with Crippen LogP contribution in [0.1, 0.15) is 53.9 Å². The topological polar surface area (TPSA) is 29.1 Å². The van der Waals surface area contributed by atoms with Crippen LogP contribution >= 0.6 is 0 Å². The lowest BCUT2D eigenvalue weighted by Crippen LogP contribution is -2.47. The lowest BCUT2D eigenvalue weighted by Gasteiger charge is -2.30. The van der Waals surface area contributed by atoms with Gasteiger partial charge in [-0.2, -0.15) is 0 Å². The summed E-state index contributed by atoms with van der Waals surface area (Å²) in [6.45, 7) is 10.7. The van der Waals surface area contributed by atoms with Crippen molar-refractivity contribution in [3.05, 3.63) is 0 Å². The van der Waals surface area contributed by atoms with Crippen molar-refractivity contribution in [1.82, 2.24) is 5.32 Å². The second-order valence-electron chi connectivity index (χ2n) is 5.38. The van der Waals surface area contributed by atoms with Crippen LogP contribution in [0.3, 0.4) is 0 Å². The van der Waals surface area contributed by atoms with Crippen LogP contribution in [0.5, 0.6) is 0 Å². The summed E-state index contributed by atoms with van der Waals surface area (Å²) in [7, 11) is 0. The summed E-state index contributed by atoms with van der Waals surface area (Å²) in [4.78, 5) is 11.3. The van der Waals surface area contributed by atoms with Crippen LogP contribution in [0.2, 0.25) is 0 Å². The van der Waals surface area contributed by atoms with Gasteiger partial charge in [-0.1, -0.05) is 27.7 Å². The van der Waals surface area contributed by atoms with Crippen LogP contribution in [-0.2, 0) is 4.79 Å². The molecule has 2 aliphatic rings. The number of carbonyl (C=O) groups excluding carboxylic acids is 1. The summed E-state index contributed by atoms with van der Waals surface area (Å²) in [5.74, 6) is 0.857. The minimum atomic E-state index is 0.101. The van der Waals surface area contributed by atoms with Crippen LogP contribution in [0.4, 0.5) is 0 Å². The van der Waals surface area contributed by atoms with Gasteiger partial charge in [0.15, 0.2) is 0 Å². The Hall–Kier alpha value is -0.530. The Morgan fingerprint density at radius 3 is 2.36 bits per heavy atom. The van der Waals surface area contributed by atoms with Gasteiger partial charge in [0, 0.05) is 12.0 Å². The van der Waals surface area contributed by atoms with Crippen molar-refractivity contribution >= 4 is 5.91 Å². The number of hydrogen-bond donors (Lipinski definition) is 1. The van der Waals surface area contributed by atoms with E-state index in [0.29, 0.717) is 11.3 Å². The van der Waals surface area contributed by atoms with Crippen molar-refractivity contribution in [2.45, 2.75) is 59.4 Å². The summed E-state index contributed by atoms with van der Waals surface area (Å²) in [6.07, 6.45) is 3.05. The molecule has 1 aliphatic carbocycles.